The van der Waals surface area contributed by atoms with E-state index < -0.39 is 27.4 Å². The van der Waals surface area contributed by atoms with E-state index in [1.54, 1.807) is 0 Å². The smallest absolute Gasteiger partial charge is 0.369 e. The minimum Gasteiger partial charge on any atom is -0.369 e. The van der Waals surface area contributed by atoms with E-state index in [0.717, 1.165) is 32.0 Å². The van der Waals surface area contributed by atoms with Crippen LogP contribution in [0.4, 0.5) is 13.2 Å². The minimum absolute atomic E-state index is 0.000544. The molecule has 2 heterocycles. The summed E-state index contributed by atoms with van der Waals surface area (Å²) < 4.78 is 67.7. The molecule has 0 aromatic heterocycles. The molecule has 184 valence electrons. The van der Waals surface area contributed by atoms with Crippen LogP contribution in [0.3, 0.4) is 0 Å². The van der Waals surface area contributed by atoms with Crippen LogP contribution in [0.25, 0.3) is 11.1 Å². The lowest BCUT2D eigenvalue weighted by atomic mass is 9.95. The standard InChI is InChI=1S/C21H24ClF3N6O2S/c22-17-10-14(21(27)29-19(26)30-31-21)9-16(20(23,24)25)18(17)13-1-3-15(4-2-13)34(32,33)11-12-5-7-28-8-6-12/h1-4,9-10,12,28,31H,5-8,11,27H2,(H3,26,29,30). The number of alkyl halides is 3. The maximum Gasteiger partial charge on any atom is 0.417 e. The molecule has 2 aromatic carbocycles. The third-order valence-electron chi connectivity index (χ3n) is 5.93. The van der Waals surface area contributed by atoms with Crippen LogP contribution in [0.15, 0.2) is 46.3 Å². The lowest BCUT2D eigenvalue weighted by Crippen LogP contribution is -2.50. The highest BCUT2D eigenvalue weighted by Gasteiger charge is 2.39. The van der Waals surface area contributed by atoms with Gasteiger partial charge in [-0.3, -0.25) is 11.2 Å². The molecule has 2 aliphatic heterocycles. The Kier molecular flexibility index (Phi) is 6.55. The second-order valence-electron chi connectivity index (χ2n) is 8.39. The Bertz CT molecular complexity index is 1210. The number of benzene rings is 2. The van der Waals surface area contributed by atoms with Crippen LogP contribution < -0.4 is 27.6 Å². The predicted octanol–water partition coefficient (Wildman–Crippen LogP) is 2.29. The molecule has 1 unspecified atom stereocenters. The van der Waals surface area contributed by atoms with Gasteiger partial charge in [0.25, 0.3) is 0 Å². The summed E-state index contributed by atoms with van der Waals surface area (Å²) in [6.07, 6.45) is -3.25. The first kappa shape index (κ1) is 24.7. The van der Waals surface area contributed by atoms with Crippen LogP contribution in [0.2, 0.25) is 5.02 Å². The fourth-order valence-corrected chi connectivity index (χ4v) is 6.20. The average molecular weight is 517 g/mol. The molecule has 0 bridgehead atoms. The molecule has 13 heteroatoms. The van der Waals surface area contributed by atoms with Crippen molar-refractivity contribution < 1.29 is 21.6 Å². The van der Waals surface area contributed by atoms with Crippen molar-refractivity contribution in [3.63, 3.8) is 0 Å². The monoisotopic (exact) mass is 516 g/mol. The predicted molar refractivity (Wildman–Crippen MR) is 123 cm³/mol. The Labute approximate surface area is 199 Å². The van der Waals surface area contributed by atoms with E-state index in [-0.39, 0.29) is 44.2 Å². The number of nitrogens with two attached hydrogens (primary N) is 2. The molecular weight excluding hydrogens is 493 g/mol. The summed E-state index contributed by atoms with van der Waals surface area (Å²) in [5.74, 6) is -1.78. The molecular formula is C21H24ClF3N6O2S. The normalized spacial score (nSPS) is 21.9. The number of piperidine rings is 1. The van der Waals surface area contributed by atoms with E-state index in [4.69, 9.17) is 23.1 Å². The maximum absolute atomic E-state index is 14.0. The van der Waals surface area contributed by atoms with E-state index in [0.29, 0.717) is 0 Å². The highest BCUT2D eigenvalue weighted by molar-refractivity contribution is 7.91. The number of halogens is 4. The highest BCUT2D eigenvalue weighted by Crippen LogP contribution is 2.43. The van der Waals surface area contributed by atoms with E-state index >= 15 is 0 Å². The van der Waals surface area contributed by atoms with E-state index in [2.05, 4.69) is 21.2 Å². The summed E-state index contributed by atoms with van der Waals surface area (Å²) in [7, 11) is -3.58. The van der Waals surface area contributed by atoms with Gasteiger partial charge in [-0.2, -0.15) is 18.6 Å². The van der Waals surface area contributed by atoms with Crippen LogP contribution in [-0.4, -0.2) is 33.2 Å². The number of guanidine groups is 1. The van der Waals surface area contributed by atoms with E-state index in [1.807, 2.05) is 0 Å². The Morgan fingerprint density at radius 3 is 2.35 bits per heavy atom. The van der Waals surface area contributed by atoms with Gasteiger partial charge in [-0.25, -0.2) is 13.4 Å². The van der Waals surface area contributed by atoms with Crippen LogP contribution in [0.5, 0.6) is 0 Å². The fraction of sp³-hybridized carbons (Fsp3) is 0.381. The molecule has 0 aliphatic carbocycles. The molecule has 1 fully saturated rings. The highest BCUT2D eigenvalue weighted by atomic mass is 35.5. The topological polar surface area (TPSA) is 135 Å². The van der Waals surface area contributed by atoms with Crippen molar-refractivity contribution in [1.82, 2.24) is 16.2 Å². The zero-order valence-corrected chi connectivity index (χ0v) is 19.5. The van der Waals surface area contributed by atoms with Gasteiger partial charge in [-0.15, -0.1) is 0 Å². The van der Waals surface area contributed by atoms with Gasteiger partial charge in [-0.05, 0) is 61.7 Å². The van der Waals surface area contributed by atoms with Crippen molar-refractivity contribution in [3.8, 4) is 11.1 Å². The first-order valence-corrected chi connectivity index (χ1v) is 12.5. The third kappa shape index (κ3) is 5.01. The van der Waals surface area contributed by atoms with E-state index in [9.17, 15) is 21.6 Å². The summed E-state index contributed by atoms with van der Waals surface area (Å²) in [6.45, 7) is 1.53. The lowest BCUT2D eigenvalue weighted by molar-refractivity contribution is -0.137. The molecule has 1 saturated heterocycles. The number of hydrogen-bond acceptors (Lipinski definition) is 8. The molecule has 8 nitrogen and oxygen atoms in total. The fourth-order valence-electron chi connectivity index (χ4n) is 4.17. The van der Waals surface area contributed by atoms with Gasteiger partial charge in [0.2, 0.25) is 11.7 Å². The van der Waals surface area contributed by atoms with Gasteiger partial charge in [0.1, 0.15) is 0 Å². The van der Waals surface area contributed by atoms with Crippen molar-refractivity contribution in [2.24, 2.45) is 22.4 Å². The molecule has 0 radical (unpaired) electrons. The third-order valence-corrected chi connectivity index (χ3v) is 8.13. The summed E-state index contributed by atoms with van der Waals surface area (Å²) >= 11 is 6.30. The number of hydrogen-bond donors (Lipinski definition) is 5. The molecule has 0 saturated carbocycles. The van der Waals surface area contributed by atoms with Crippen LogP contribution in [-0.2, 0) is 21.8 Å². The number of sulfone groups is 1. The molecule has 2 aliphatic rings. The van der Waals surface area contributed by atoms with Gasteiger partial charge in [0.15, 0.2) is 9.84 Å². The quantitative estimate of drug-likeness (QED) is 0.411. The number of aliphatic imine (C=N–C) groups is 1. The zero-order chi connectivity index (χ0) is 24.7. The summed E-state index contributed by atoms with van der Waals surface area (Å²) in [5, 5.41) is 2.97. The van der Waals surface area contributed by atoms with Crippen molar-refractivity contribution in [1.29, 1.82) is 0 Å². The maximum atomic E-state index is 14.0. The van der Waals surface area contributed by atoms with E-state index in [1.165, 1.54) is 30.3 Å². The molecule has 7 N–H and O–H groups in total. The van der Waals surface area contributed by atoms with Crippen LogP contribution in [0.1, 0.15) is 24.0 Å². The molecule has 1 atom stereocenters. The Hall–Kier alpha value is -2.38. The molecule has 4 rings (SSSR count). The zero-order valence-electron chi connectivity index (χ0n) is 17.9. The minimum atomic E-state index is -4.77. The summed E-state index contributed by atoms with van der Waals surface area (Å²) in [6, 6.07) is 7.40. The van der Waals surface area contributed by atoms with Gasteiger partial charge in [-0.1, -0.05) is 23.7 Å². The second-order valence-corrected chi connectivity index (χ2v) is 10.8. The van der Waals surface area contributed by atoms with Gasteiger partial charge in [0, 0.05) is 16.1 Å². The molecule has 0 spiro atoms. The van der Waals surface area contributed by atoms with Crippen molar-refractivity contribution in [2.45, 2.75) is 29.7 Å². The second kappa shape index (κ2) is 9.00. The SMILES string of the molecule is NC1=NC(N)(c2cc(Cl)c(-c3ccc(S(=O)(=O)CC4CCNCC4)cc3)c(C(F)(F)F)c2)NN1. The number of nitrogens with one attached hydrogen (secondary N) is 3. The number of rotatable bonds is 5. The Balaban J connectivity index is 1.70. The Morgan fingerprint density at radius 2 is 1.79 bits per heavy atom. The summed E-state index contributed by atoms with van der Waals surface area (Å²) in [4.78, 5) is 3.96. The molecule has 34 heavy (non-hydrogen) atoms. The Morgan fingerprint density at radius 1 is 1.15 bits per heavy atom. The van der Waals surface area contributed by atoms with Crippen molar-refractivity contribution >= 4 is 27.4 Å². The lowest BCUT2D eigenvalue weighted by Gasteiger charge is -2.24. The number of hydrazine groups is 1. The largest absolute Gasteiger partial charge is 0.417 e. The van der Waals surface area contributed by atoms with Crippen LogP contribution >= 0.6 is 11.6 Å². The van der Waals surface area contributed by atoms with Crippen molar-refractivity contribution in [3.05, 3.63) is 52.5 Å². The average Bonchev–Trinajstić information content (AvgIpc) is 3.13. The van der Waals surface area contributed by atoms with Gasteiger partial charge < -0.3 is 11.1 Å². The van der Waals surface area contributed by atoms with Gasteiger partial charge >= 0.3 is 6.18 Å². The summed E-state index contributed by atoms with van der Waals surface area (Å²) in [5.41, 5.74) is 15.3. The number of nitrogens with zero attached hydrogens (tertiary/aromatic N) is 1. The molecule has 0 amide bonds. The molecule has 2 aromatic rings. The van der Waals surface area contributed by atoms with Crippen LogP contribution in [0, 0.1) is 5.92 Å². The first-order valence-electron chi connectivity index (χ1n) is 10.5. The first-order chi connectivity index (χ1) is 15.9. The van der Waals surface area contributed by atoms with Gasteiger partial charge in [0.05, 0.1) is 16.2 Å². The van der Waals surface area contributed by atoms with Crippen molar-refractivity contribution in [2.75, 3.05) is 18.8 Å².